The van der Waals surface area contributed by atoms with Gasteiger partial charge >= 0.3 is 5.69 Å². The largest absolute Gasteiger partial charge is 0.332 e. The Balaban J connectivity index is 1.56. The Labute approximate surface area is 172 Å². The summed E-state index contributed by atoms with van der Waals surface area (Å²) in [5.41, 5.74) is 0.155. The number of aryl methyl sites for hydroxylation is 1. The first-order valence-corrected chi connectivity index (χ1v) is 9.50. The molecule has 0 spiro atoms. The van der Waals surface area contributed by atoms with Gasteiger partial charge in [0, 0.05) is 36.2 Å². The lowest BCUT2D eigenvalue weighted by atomic mass is 10.2. The first kappa shape index (κ1) is 19.0. The molecule has 3 heterocycles. The molecule has 0 aliphatic heterocycles. The van der Waals surface area contributed by atoms with E-state index in [1.807, 2.05) is 0 Å². The fourth-order valence-electron chi connectivity index (χ4n) is 2.82. The zero-order valence-corrected chi connectivity index (χ0v) is 16.9. The number of halogens is 1. The fourth-order valence-corrected chi connectivity index (χ4v) is 3.55. The summed E-state index contributed by atoms with van der Waals surface area (Å²) in [5, 5.41) is 3.59. The van der Waals surface area contributed by atoms with Crippen LogP contribution in [0.1, 0.15) is 0 Å². The van der Waals surface area contributed by atoms with Crippen LogP contribution in [0.5, 0.6) is 0 Å². The van der Waals surface area contributed by atoms with Gasteiger partial charge in [0.2, 0.25) is 11.0 Å². The third-order valence-corrected chi connectivity index (χ3v) is 5.19. The number of hydrogen-bond acceptors (Lipinski definition) is 7. The van der Waals surface area contributed by atoms with Crippen LogP contribution in [0.4, 0.5) is 5.13 Å². The third kappa shape index (κ3) is 3.45. The predicted molar refractivity (Wildman–Crippen MR) is 109 cm³/mol. The number of carbonyl (C=O) groups excluding carboxylic acids is 1. The van der Waals surface area contributed by atoms with Crippen molar-refractivity contribution in [1.82, 2.24) is 28.0 Å². The number of rotatable bonds is 4. The highest BCUT2D eigenvalue weighted by atomic mass is 35.5. The molecular formula is C17H14ClN7O3S. The second-order valence-electron chi connectivity index (χ2n) is 6.23. The van der Waals surface area contributed by atoms with Crippen molar-refractivity contribution in [3.8, 4) is 11.4 Å². The average molecular weight is 432 g/mol. The summed E-state index contributed by atoms with van der Waals surface area (Å²) in [6.07, 6.45) is 1.35. The van der Waals surface area contributed by atoms with Gasteiger partial charge in [0.05, 0.1) is 6.33 Å². The van der Waals surface area contributed by atoms with E-state index in [0.29, 0.717) is 16.0 Å². The number of amides is 1. The average Bonchev–Trinajstić information content (AvgIpc) is 3.32. The van der Waals surface area contributed by atoms with E-state index in [1.165, 1.54) is 29.6 Å². The van der Waals surface area contributed by atoms with Gasteiger partial charge in [-0.05, 0) is 24.3 Å². The van der Waals surface area contributed by atoms with Crippen molar-refractivity contribution in [3.63, 3.8) is 0 Å². The van der Waals surface area contributed by atoms with E-state index in [1.54, 1.807) is 24.3 Å². The maximum Gasteiger partial charge on any atom is 0.332 e. The molecule has 0 aliphatic rings. The molecule has 10 nitrogen and oxygen atoms in total. The summed E-state index contributed by atoms with van der Waals surface area (Å²) in [5.74, 6) is 0.0675. The van der Waals surface area contributed by atoms with Crippen LogP contribution in [0.2, 0.25) is 5.02 Å². The van der Waals surface area contributed by atoms with Crippen LogP contribution < -0.4 is 16.6 Å². The lowest BCUT2D eigenvalue weighted by molar-refractivity contribution is -0.116. The van der Waals surface area contributed by atoms with Gasteiger partial charge in [-0.15, -0.1) is 0 Å². The lowest BCUT2D eigenvalue weighted by Crippen LogP contribution is -2.37. The minimum absolute atomic E-state index is 0.167. The molecule has 12 heteroatoms. The molecule has 3 aromatic heterocycles. The number of aromatic nitrogens is 6. The molecule has 29 heavy (non-hydrogen) atoms. The summed E-state index contributed by atoms with van der Waals surface area (Å²) in [4.78, 5) is 45.3. The number of benzene rings is 1. The molecule has 0 unspecified atom stereocenters. The Hall–Kier alpha value is -3.31. The number of imidazole rings is 1. The Bertz CT molecular complexity index is 1350. The van der Waals surface area contributed by atoms with E-state index in [4.69, 9.17) is 11.6 Å². The van der Waals surface area contributed by atoms with Crippen molar-refractivity contribution in [1.29, 1.82) is 0 Å². The molecule has 0 radical (unpaired) electrons. The maximum absolute atomic E-state index is 12.4. The second kappa shape index (κ2) is 7.26. The van der Waals surface area contributed by atoms with E-state index in [9.17, 15) is 14.4 Å². The molecule has 1 aromatic carbocycles. The van der Waals surface area contributed by atoms with Crippen LogP contribution in [-0.4, -0.2) is 33.9 Å². The van der Waals surface area contributed by atoms with Crippen molar-refractivity contribution in [2.75, 3.05) is 5.32 Å². The molecule has 4 aromatic rings. The zero-order valence-electron chi connectivity index (χ0n) is 15.3. The number of nitrogens with zero attached hydrogens (tertiary/aromatic N) is 6. The van der Waals surface area contributed by atoms with E-state index >= 15 is 0 Å². The molecule has 0 aliphatic carbocycles. The fraction of sp³-hybridized carbons (Fsp3) is 0.176. The Morgan fingerprint density at radius 1 is 1.17 bits per heavy atom. The molecular weight excluding hydrogens is 418 g/mol. The van der Waals surface area contributed by atoms with Gasteiger partial charge in [-0.25, -0.2) is 9.78 Å². The zero-order chi connectivity index (χ0) is 20.7. The van der Waals surface area contributed by atoms with E-state index in [2.05, 4.69) is 19.7 Å². The quantitative estimate of drug-likeness (QED) is 0.519. The van der Waals surface area contributed by atoms with Crippen molar-refractivity contribution >= 4 is 45.3 Å². The minimum atomic E-state index is -0.519. The Morgan fingerprint density at radius 2 is 1.90 bits per heavy atom. The molecule has 0 saturated carbocycles. The third-order valence-electron chi connectivity index (χ3n) is 4.31. The van der Waals surface area contributed by atoms with Gasteiger partial charge in [0.1, 0.15) is 6.54 Å². The molecule has 1 N–H and O–H groups in total. The minimum Gasteiger partial charge on any atom is -0.315 e. The van der Waals surface area contributed by atoms with Crippen LogP contribution in [-0.2, 0) is 25.4 Å². The smallest absolute Gasteiger partial charge is 0.315 e. The van der Waals surface area contributed by atoms with Gasteiger partial charge in [-0.1, -0.05) is 11.6 Å². The van der Waals surface area contributed by atoms with E-state index in [-0.39, 0.29) is 17.7 Å². The summed E-state index contributed by atoms with van der Waals surface area (Å²) in [7, 11) is 2.89. The summed E-state index contributed by atoms with van der Waals surface area (Å²) < 4.78 is 7.85. The normalized spacial score (nSPS) is 11.1. The van der Waals surface area contributed by atoms with Gasteiger partial charge < -0.3 is 4.57 Å². The number of fused-ring (bicyclic) bond motifs is 1. The molecule has 1 amide bonds. The Kier molecular flexibility index (Phi) is 4.76. The number of hydrogen-bond donors (Lipinski definition) is 1. The first-order valence-electron chi connectivity index (χ1n) is 8.35. The molecule has 0 saturated heterocycles. The van der Waals surface area contributed by atoms with E-state index < -0.39 is 17.2 Å². The lowest BCUT2D eigenvalue weighted by Gasteiger charge is -2.06. The van der Waals surface area contributed by atoms with Crippen LogP contribution in [0, 0.1) is 0 Å². The highest BCUT2D eigenvalue weighted by Gasteiger charge is 2.17. The highest BCUT2D eigenvalue weighted by molar-refractivity contribution is 7.10. The van der Waals surface area contributed by atoms with Gasteiger partial charge in [0.15, 0.2) is 17.0 Å². The van der Waals surface area contributed by atoms with Gasteiger partial charge in [0.25, 0.3) is 5.56 Å². The van der Waals surface area contributed by atoms with Crippen LogP contribution in [0.15, 0.2) is 40.2 Å². The number of carbonyl (C=O) groups is 1. The molecule has 0 atom stereocenters. The van der Waals surface area contributed by atoms with Crippen molar-refractivity contribution < 1.29 is 4.79 Å². The second-order valence-corrected chi connectivity index (χ2v) is 7.42. The number of anilines is 1. The standard InChI is InChI=1S/C17H14ClN7O3S/c1-23-14-12(15(27)24(2)17(23)28)25(8-19-14)7-11(26)20-16-21-13(22-29-16)9-3-5-10(18)6-4-9/h3-6,8H,7H2,1-2H3,(H,20,21,22,26). The van der Waals surface area contributed by atoms with Crippen molar-refractivity contribution in [3.05, 3.63) is 56.5 Å². The molecule has 4 rings (SSSR count). The SMILES string of the molecule is Cn1c(=O)c2c(ncn2CC(=O)Nc2nc(-c3ccc(Cl)cc3)ns2)n(C)c1=O. The van der Waals surface area contributed by atoms with Gasteiger partial charge in [-0.2, -0.15) is 9.36 Å². The predicted octanol–water partition coefficient (Wildman–Crippen LogP) is 1.24. The highest BCUT2D eigenvalue weighted by Crippen LogP contribution is 2.22. The molecule has 0 bridgehead atoms. The van der Waals surface area contributed by atoms with Gasteiger partial charge in [-0.3, -0.25) is 24.0 Å². The van der Waals surface area contributed by atoms with Crippen molar-refractivity contribution in [2.24, 2.45) is 14.1 Å². The van der Waals surface area contributed by atoms with E-state index in [0.717, 1.165) is 21.7 Å². The van der Waals surface area contributed by atoms with Crippen molar-refractivity contribution in [2.45, 2.75) is 6.54 Å². The maximum atomic E-state index is 12.4. The monoisotopic (exact) mass is 431 g/mol. The summed E-state index contributed by atoms with van der Waals surface area (Å²) in [6, 6.07) is 7.03. The van der Waals surface area contributed by atoms with Crippen LogP contribution >= 0.6 is 23.1 Å². The van der Waals surface area contributed by atoms with Crippen LogP contribution in [0.25, 0.3) is 22.6 Å². The van der Waals surface area contributed by atoms with Crippen LogP contribution in [0.3, 0.4) is 0 Å². The Morgan fingerprint density at radius 3 is 2.62 bits per heavy atom. The molecule has 0 fully saturated rings. The number of nitrogens with one attached hydrogen (secondary N) is 1. The summed E-state index contributed by atoms with van der Waals surface area (Å²) in [6.45, 7) is -0.167. The topological polar surface area (TPSA) is 117 Å². The first-order chi connectivity index (χ1) is 13.8. The summed E-state index contributed by atoms with van der Waals surface area (Å²) >= 11 is 6.92. The molecule has 148 valence electrons.